The summed E-state index contributed by atoms with van der Waals surface area (Å²) < 4.78 is 10.9. The third-order valence-electron chi connectivity index (χ3n) is 7.37. The Hall–Kier alpha value is -5.11. The summed E-state index contributed by atoms with van der Waals surface area (Å²) in [7, 11) is 4.91. The van der Waals surface area contributed by atoms with Gasteiger partial charge in [-0.2, -0.15) is 0 Å². The monoisotopic (exact) mass is 602 g/mol. The topological polar surface area (TPSA) is 192 Å². The summed E-state index contributed by atoms with van der Waals surface area (Å²) in [5.74, 6) is 1.75. The molecule has 0 spiro atoms. The Morgan fingerprint density at radius 2 is 1.72 bits per heavy atom. The van der Waals surface area contributed by atoms with Gasteiger partial charge in [0.1, 0.15) is 28.5 Å². The van der Waals surface area contributed by atoms with Crippen LogP contribution in [-0.2, 0) is 13.0 Å². The van der Waals surface area contributed by atoms with Crippen molar-refractivity contribution in [3.05, 3.63) is 52.2 Å². The number of methoxy groups -OCH3 is 2. The van der Waals surface area contributed by atoms with Crippen LogP contribution in [0.25, 0.3) is 10.2 Å². The lowest BCUT2D eigenvalue weighted by atomic mass is 10.0. The van der Waals surface area contributed by atoms with Gasteiger partial charge in [-0.1, -0.05) is 0 Å². The second-order valence-electron chi connectivity index (χ2n) is 9.99. The minimum atomic E-state index is -0.0652. The number of rotatable bonds is 10. The summed E-state index contributed by atoms with van der Waals surface area (Å²) >= 11 is 1.56. The summed E-state index contributed by atoms with van der Waals surface area (Å²) in [6.07, 6.45) is 4.57. The number of hydrogen-bond donors (Lipinski definition) is 6. The Morgan fingerprint density at radius 3 is 2.37 bits per heavy atom. The molecule has 0 atom stereocenters. The zero-order valence-electron chi connectivity index (χ0n) is 24.2. The summed E-state index contributed by atoms with van der Waals surface area (Å²) in [6.45, 7) is 1.98. The first kappa shape index (κ1) is 29.4. The van der Waals surface area contributed by atoms with Crippen molar-refractivity contribution in [2.75, 3.05) is 63.0 Å². The Balaban J connectivity index is 1.29. The third kappa shape index (κ3) is 5.81. The highest BCUT2D eigenvalue weighted by molar-refractivity contribution is 7.19. The molecule has 4 aromatic rings. The van der Waals surface area contributed by atoms with Crippen LogP contribution in [0.15, 0.2) is 30.6 Å². The van der Waals surface area contributed by atoms with E-state index in [2.05, 4.69) is 20.6 Å². The van der Waals surface area contributed by atoms with E-state index in [9.17, 15) is 4.79 Å². The molecule has 14 heteroatoms. The third-order valence-corrected chi connectivity index (χ3v) is 8.50. The van der Waals surface area contributed by atoms with Crippen LogP contribution in [0, 0.1) is 10.8 Å². The van der Waals surface area contributed by atoms with Gasteiger partial charge in [0.2, 0.25) is 0 Å². The van der Waals surface area contributed by atoms with Gasteiger partial charge in [-0.25, -0.2) is 14.8 Å². The number of carbonyl (C=O) groups excluding carboxylic acids is 1. The van der Waals surface area contributed by atoms with Crippen molar-refractivity contribution in [2.45, 2.75) is 13.0 Å². The number of thiophene rings is 1. The molecule has 2 amide bonds. The van der Waals surface area contributed by atoms with Crippen LogP contribution in [0.2, 0.25) is 0 Å². The van der Waals surface area contributed by atoms with Crippen molar-refractivity contribution >= 4 is 68.6 Å². The number of nitrogens with two attached hydrogens (primary N) is 2. The second kappa shape index (κ2) is 12.4. The molecule has 0 bridgehead atoms. The van der Waals surface area contributed by atoms with Crippen LogP contribution in [0.5, 0.6) is 11.5 Å². The first-order valence-electron chi connectivity index (χ1n) is 13.5. The van der Waals surface area contributed by atoms with Gasteiger partial charge in [0.15, 0.2) is 0 Å². The van der Waals surface area contributed by atoms with Gasteiger partial charge < -0.3 is 52.2 Å². The van der Waals surface area contributed by atoms with Crippen LogP contribution < -0.4 is 31.6 Å². The Labute approximate surface area is 252 Å². The van der Waals surface area contributed by atoms with E-state index < -0.39 is 0 Å². The lowest BCUT2D eigenvalue weighted by Gasteiger charge is -2.31. The van der Waals surface area contributed by atoms with Crippen molar-refractivity contribution in [3.8, 4) is 11.5 Å². The van der Waals surface area contributed by atoms with Crippen molar-refractivity contribution in [3.63, 3.8) is 0 Å². The van der Waals surface area contributed by atoms with E-state index in [0.717, 1.165) is 20.7 Å². The largest absolute Gasteiger partial charge is 0.495 e. The van der Waals surface area contributed by atoms with Crippen molar-refractivity contribution in [1.29, 1.82) is 10.8 Å². The van der Waals surface area contributed by atoms with Crippen LogP contribution >= 0.6 is 11.3 Å². The maximum Gasteiger partial charge on any atom is 0.320 e. The van der Waals surface area contributed by atoms with E-state index in [1.165, 1.54) is 18.8 Å². The normalized spacial score (nSPS) is 12.4. The highest BCUT2D eigenvalue weighted by atomic mass is 32.1. The van der Waals surface area contributed by atoms with E-state index in [1.807, 2.05) is 4.90 Å². The molecule has 1 aliphatic heterocycles. The Morgan fingerprint density at radius 1 is 1.07 bits per heavy atom. The Bertz CT molecular complexity index is 1710. The molecule has 224 valence electrons. The maximum atomic E-state index is 13.4. The molecule has 43 heavy (non-hydrogen) atoms. The highest BCUT2D eigenvalue weighted by Crippen LogP contribution is 2.40. The summed E-state index contributed by atoms with van der Waals surface area (Å²) in [6, 6.07) is 6.82. The quantitative estimate of drug-likeness (QED) is 0.114. The number of fused-ring (bicyclic) bond motifs is 3. The number of hydrogen-bond acceptors (Lipinski definition) is 12. The molecule has 3 heterocycles. The summed E-state index contributed by atoms with van der Waals surface area (Å²) in [5, 5.41) is 22.8. The smallest absolute Gasteiger partial charge is 0.320 e. The molecule has 8 N–H and O–H groups in total. The summed E-state index contributed by atoms with van der Waals surface area (Å²) in [5.41, 5.74) is 16.5. The van der Waals surface area contributed by atoms with Gasteiger partial charge in [0.05, 0.1) is 37.5 Å². The van der Waals surface area contributed by atoms with Crippen LogP contribution in [0.4, 0.5) is 33.4 Å². The molecular weight excluding hydrogens is 568 g/mol. The number of likely N-dealkylation sites (N-methyl/N-ethyl adjacent to an activating group) is 1. The molecule has 0 unspecified atom stereocenters. The minimum Gasteiger partial charge on any atom is -0.495 e. The molecule has 2 aromatic heterocycles. The lowest BCUT2D eigenvalue weighted by Crippen LogP contribution is -2.44. The molecule has 0 aliphatic carbocycles. The second-order valence-corrected chi connectivity index (χ2v) is 11.1. The molecule has 0 saturated heterocycles. The van der Waals surface area contributed by atoms with Gasteiger partial charge in [-0.3, -0.25) is 0 Å². The molecule has 0 fully saturated rings. The van der Waals surface area contributed by atoms with E-state index in [-0.39, 0.29) is 6.03 Å². The predicted molar refractivity (Wildman–Crippen MR) is 172 cm³/mol. The molecule has 1 aliphatic rings. The first-order valence-corrected chi connectivity index (χ1v) is 14.3. The average Bonchev–Trinajstić information content (AvgIpc) is 3.40. The van der Waals surface area contributed by atoms with Crippen LogP contribution in [-0.4, -0.2) is 79.1 Å². The van der Waals surface area contributed by atoms with Crippen molar-refractivity contribution in [2.24, 2.45) is 0 Å². The SMILES string of the molecule is COc1cc(N)c(C=N)cc1NCCN(C)C(=O)N1CCc2c(sc3ncnc(Nc4cc(C=N)c(N)cc4OC)c23)C1. The van der Waals surface area contributed by atoms with E-state index in [1.54, 1.807) is 61.8 Å². The van der Waals surface area contributed by atoms with Gasteiger partial charge >= 0.3 is 6.03 Å². The minimum absolute atomic E-state index is 0.0652. The highest BCUT2D eigenvalue weighted by Gasteiger charge is 2.28. The van der Waals surface area contributed by atoms with Crippen molar-refractivity contribution < 1.29 is 14.3 Å². The molecule has 5 rings (SSSR count). The number of ether oxygens (including phenoxy) is 2. The molecule has 0 radical (unpaired) electrons. The fourth-order valence-corrected chi connectivity index (χ4v) is 6.26. The standard InChI is InChI=1S/C29H34N10O3S/c1-38(7-5-34-21-8-16(12-30)19(32)10-23(21)41-2)29(40)39-6-4-18-25(14-39)43-28-26(18)27(35-15-36-28)37-22-9-17(13-31)20(33)11-24(22)42-3/h8-13,15,30-31,34H,4-7,14,32-33H2,1-3H3,(H,35,36,37). The lowest BCUT2D eigenvalue weighted by molar-refractivity contribution is 0.159. The van der Waals surface area contributed by atoms with Gasteiger partial charge in [-0.05, 0) is 24.1 Å². The van der Waals surface area contributed by atoms with E-state index in [0.29, 0.717) is 83.8 Å². The maximum absolute atomic E-state index is 13.4. The number of nitrogens with zero attached hydrogens (tertiary/aromatic N) is 4. The summed E-state index contributed by atoms with van der Waals surface area (Å²) in [4.78, 5) is 27.8. The number of aromatic nitrogens is 2. The van der Waals surface area contributed by atoms with E-state index in [4.69, 9.17) is 31.8 Å². The zero-order chi connectivity index (χ0) is 30.7. The fourth-order valence-electron chi connectivity index (χ4n) is 5.06. The number of carbonyl (C=O) groups is 1. The predicted octanol–water partition coefficient (Wildman–Crippen LogP) is 4.13. The van der Waals surface area contributed by atoms with Crippen LogP contribution in [0.3, 0.4) is 0 Å². The molecule has 2 aromatic carbocycles. The number of nitrogen functional groups attached to an aromatic ring is 2. The Kier molecular flexibility index (Phi) is 8.48. The molecule has 13 nitrogen and oxygen atoms in total. The number of benzene rings is 2. The number of anilines is 5. The van der Waals surface area contributed by atoms with Gasteiger partial charge in [-0.15, -0.1) is 11.3 Å². The zero-order valence-corrected chi connectivity index (χ0v) is 25.0. The average molecular weight is 603 g/mol. The van der Waals surface area contributed by atoms with Gasteiger partial charge in [0.25, 0.3) is 0 Å². The van der Waals surface area contributed by atoms with Crippen molar-refractivity contribution in [1.82, 2.24) is 19.8 Å². The van der Waals surface area contributed by atoms with Crippen LogP contribution in [0.1, 0.15) is 21.6 Å². The molecule has 0 saturated carbocycles. The number of nitrogens with one attached hydrogen (secondary N) is 4. The molecular formula is C29H34N10O3S. The first-order chi connectivity index (χ1) is 20.8. The van der Waals surface area contributed by atoms with Gasteiger partial charge in [0, 0.05) is 78.6 Å². The fraction of sp³-hybridized carbons (Fsp3) is 0.276. The number of urea groups is 1. The number of amides is 2. The van der Waals surface area contributed by atoms with E-state index >= 15 is 0 Å².